The fourth-order valence-electron chi connectivity index (χ4n) is 3.45. The number of piperidine rings is 2. The lowest BCUT2D eigenvalue weighted by Crippen LogP contribution is -2.37. The molecule has 0 saturated carbocycles. The van der Waals surface area contributed by atoms with Gasteiger partial charge in [-0.3, -0.25) is 0 Å². The monoisotopic (exact) mass is 288 g/mol. The van der Waals surface area contributed by atoms with Gasteiger partial charge < -0.3 is 9.80 Å². The molecule has 4 heteroatoms. The maximum Gasteiger partial charge on any atom is 0.227 e. The second-order valence-electron chi connectivity index (χ2n) is 7.03. The predicted octanol–water partition coefficient (Wildman–Crippen LogP) is 3.26. The van der Waals surface area contributed by atoms with Gasteiger partial charge in [-0.05, 0) is 44.4 Å². The standard InChI is InChI=1S/C17H28N4/c1-13-6-9-20(10-7-13)17-18-15(3)11-16(19-17)21-8-4-5-14(2)12-21/h11,13-14H,4-10,12H2,1-3H3. The van der Waals surface area contributed by atoms with Gasteiger partial charge in [-0.25, -0.2) is 4.98 Å². The summed E-state index contributed by atoms with van der Waals surface area (Å²) in [6, 6.07) is 2.15. The largest absolute Gasteiger partial charge is 0.356 e. The minimum atomic E-state index is 0.772. The zero-order valence-electron chi connectivity index (χ0n) is 13.7. The maximum absolute atomic E-state index is 4.88. The molecule has 1 unspecified atom stereocenters. The van der Waals surface area contributed by atoms with E-state index < -0.39 is 0 Å². The van der Waals surface area contributed by atoms with Gasteiger partial charge in [-0.15, -0.1) is 0 Å². The molecule has 3 rings (SSSR count). The number of anilines is 2. The van der Waals surface area contributed by atoms with Crippen molar-refractivity contribution in [2.24, 2.45) is 11.8 Å². The van der Waals surface area contributed by atoms with Crippen LogP contribution in [0.4, 0.5) is 11.8 Å². The van der Waals surface area contributed by atoms with Crippen LogP contribution in [0.3, 0.4) is 0 Å². The van der Waals surface area contributed by atoms with Gasteiger partial charge in [0.2, 0.25) is 5.95 Å². The van der Waals surface area contributed by atoms with Crippen LogP contribution in [0.2, 0.25) is 0 Å². The smallest absolute Gasteiger partial charge is 0.227 e. The normalized spacial score (nSPS) is 24.4. The van der Waals surface area contributed by atoms with Crippen LogP contribution < -0.4 is 9.80 Å². The molecule has 0 spiro atoms. The van der Waals surface area contributed by atoms with Gasteiger partial charge in [0.15, 0.2) is 0 Å². The van der Waals surface area contributed by atoms with E-state index in [1.165, 1.54) is 25.7 Å². The highest BCUT2D eigenvalue weighted by atomic mass is 15.3. The second-order valence-corrected chi connectivity index (χ2v) is 7.03. The molecule has 2 saturated heterocycles. The molecule has 0 bridgehead atoms. The fraction of sp³-hybridized carbons (Fsp3) is 0.765. The van der Waals surface area contributed by atoms with E-state index in [-0.39, 0.29) is 0 Å². The Kier molecular flexibility index (Phi) is 4.32. The first kappa shape index (κ1) is 14.6. The Morgan fingerprint density at radius 3 is 2.43 bits per heavy atom. The zero-order valence-corrected chi connectivity index (χ0v) is 13.7. The second kappa shape index (κ2) is 6.20. The Hall–Kier alpha value is -1.32. The lowest BCUT2D eigenvalue weighted by atomic mass is 9.99. The van der Waals surface area contributed by atoms with E-state index in [2.05, 4.69) is 41.6 Å². The molecule has 0 aliphatic carbocycles. The van der Waals surface area contributed by atoms with Crippen molar-refractivity contribution in [1.29, 1.82) is 0 Å². The maximum atomic E-state index is 4.88. The average Bonchev–Trinajstić information content (AvgIpc) is 2.47. The Morgan fingerprint density at radius 1 is 0.952 bits per heavy atom. The summed E-state index contributed by atoms with van der Waals surface area (Å²) in [5.41, 5.74) is 1.09. The molecular weight excluding hydrogens is 260 g/mol. The molecule has 3 heterocycles. The summed E-state index contributed by atoms with van der Waals surface area (Å²) >= 11 is 0. The molecule has 0 radical (unpaired) electrons. The predicted molar refractivity (Wildman–Crippen MR) is 88.0 cm³/mol. The van der Waals surface area contributed by atoms with Crippen LogP contribution >= 0.6 is 0 Å². The van der Waals surface area contributed by atoms with E-state index in [1.54, 1.807) is 0 Å². The SMILES string of the molecule is Cc1cc(N2CCCC(C)C2)nc(N2CCC(C)CC2)n1. The van der Waals surface area contributed by atoms with Crippen molar-refractivity contribution >= 4 is 11.8 Å². The molecule has 2 aliphatic heterocycles. The molecule has 4 nitrogen and oxygen atoms in total. The first-order chi connectivity index (χ1) is 10.1. The summed E-state index contributed by atoms with van der Waals surface area (Å²) in [6.45, 7) is 11.2. The molecule has 1 aromatic heterocycles. The minimum Gasteiger partial charge on any atom is -0.356 e. The van der Waals surface area contributed by atoms with Crippen molar-refractivity contribution in [3.8, 4) is 0 Å². The van der Waals surface area contributed by atoms with Crippen LogP contribution in [0.5, 0.6) is 0 Å². The van der Waals surface area contributed by atoms with Crippen LogP contribution in [0.1, 0.15) is 45.2 Å². The van der Waals surface area contributed by atoms with Crippen molar-refractivity contribution < 1.29 is 0 Å². The molecule has 1 atom stereocenters. The molecule has 2 fully saturated rings. The fourth-order valence-corrected chi connectivity index (χ4v) is 3.45. The number of rotatable bonds is 2. The highest BCUT2D eigenvalue weighted by Crippen LogP contribution is 2.25. The van der Waals surface area contributed by atoms with E-state index >= 15 is 0 Å². The lowest BCUT2D eigenvalue weighted by molar-refractivity contribution is 0.432. The zero-order chi connectivity index (χ0) is 14.8. The number of hydrogen-bond donors (Lipinski definition) is 0. The number of nitrogens with zero attached hydrogens (tertiary/aromatic N) is 4. The Morgan fingerprint density at radius 2 is 1.71 bits per heavy atom. The Balaban J connectivity index is 1.79. The van der Waals surface area contributed by atoms with Gasteiger partial charge in [-0.2, -0.15) is 4.98 Å². The Labute approximate surface area is 128 Å². The van der Waals surface area contributed by atoms with Gasteiger partial charge in [0.05, 0.1) is 0 Å². The van der Waals surface area contributed by atoms with Crippen LogP contribution in [0, 0.1) is 18.8 Å². The van der Waals surface area contributed by atoms with E-state index in [0.717, 1.165) is 55.5 Å². The summed E-state index contributed by atoms with van der Waals surface area (Å²) in [4.78, 5) is 14.4. The molecule has 116 valence electrons. The summed E-state index contributed by atoms with van der Waals surface area (Å²) in [7, 11) is 0. The van der Waals surface area contributed by atoms with Gasteiger partial charge in [0.1, 0.15) is 5.82 Å². The number of aryl methyl sites for hydroxylation is 1. The van der Waals surface area contributed by atoms with Gasteiger partial charge in [0, 0.05) is 37.9 Å². The molecule has 21 heavy (non-hydrogen) atoms. The van der Waals surface area contributed by atoms with Crippen molar-refractivity contribution in [2.75, 3.05) is 36.0 Å². The molecule has 1 aromatic rings. The highest BCUT2D eigenvalue weighted by molar-refractivity contribution is 5.46. The number of aromatic nitrogens is 2. The van der Waals surface area contributed by atoms with Crippen molar-refractivity contribution in [3.63, 3.8) is 0 Å². The van der Waals surface area contributed by atoms with Gasteiger partial charge in [-0.1, -0.05) is 13.8 Å². The highest BCUT2D eigenvalue weighted by Gasteiger charge is 2.22. The average molecular weight is 288 g/mol. The van der Waals surface area contributed by atoms with Crippen LogP contribution in [-0.2, 0) is 0 Å². The molecular formula is C17H28N4. The molecule has 0 aromatic carbocycles. The van der Waals surface area contributed by atoms with Crippen LogP contribution in [0.15, 0.2) is 6.07 Å². The van der Waals surface area contributed by atoms with Gasteiger partial charge in [0.25, 0.3) is 0 Å². The van der Waals surface area contributed by atoms with Gasteiger partial charge >= 0.3 is 0 Å². The third-order valence-electron chi connectivity index (χ3n) is 4.88. The topological polar surface area (TPSA) is 32.3 Å². The summed E-state index contributed by atoms with van der Waals surface area (Å²) in [5, 5.41) is 0. The molecule has 2 aliphatic rings. The molecule has 0 amide bonds. The third-order valence-corrected chi connectivity index (χ3v) is 4.88. The summed E-state index contributed by atoms with van der Waals surface area (Å²) in [6.07, 6.45) is 5.14. The van der Waals surface area contributed by atoms with E-state index in [4.69, 9.17) is 4.98 Å². The quantitative estimate of drug-likeness (QED) is 0.836. The first-order valence-corrected chi connectivity index (χ1v) is 8.47. The minimum absolute atomic E-state index is 0.772. The van der Waals surface area contributed by atoms with E-state index in [1.807, 2.05) is 0 Å². The first-order valence-electron chi connectivity index (χ1n) is 8.47. The summed E-state index contributed by atoms with van der Waals surface area (Å²) in [5.74, 6) is 3.68. The van der Waals surface area contributed by atoms with Crippen molar-refractivity contribution in [1.82, 2.24) is 9.97 Å². The van der Waals surface area contributed by atoms with E-state index in [9.17, 15) is 0 Å². The van der Waals surface area contributed by atoms with Crippen LogP contribution in [-0.4, -0.2) is 36.1 Å². The molecule has 0 N–H and O–H groups in total. The summed E-state index contributed by atoms with van der Waals surface area (Å²) < 4.78 is 0. The lowest BCUT2D eigenvalue weighted by Gasteiger charge is -2.34. The van der Waals surface area contributed by atoms with Crippen LogP contribution in [0.25, 0.3) is 0 Å². The third kappa shape index (κ3) is 3.47. The number of hydrogen-bond acceptors (Lipinski definition) is 4. The van der Waals surface area contributed by atoms with Crippen molar-refractivity contribution in [3.05, 3.63) is 11.8 Å². The van der Waals surface area contributed by atoms with Crippen molar-refractivity contribution in [2.45, 2.75) is 46.5 Å². The van der Waals surface area contributed by atoms with E-state index in [0.29, 0.717) is 0 Å². The Bertz CT molecular complexity index is 480.